The van der Waals surface area contributed by atoms with Crippen LogP contribution < -0.4 is 5.32 Å². The molecule has 0 aliphatic heterocycles. The molecule has 0 spiro atoms. The van der Waals surface area contributed by atoms with Gasteiger partial charge >= 0.3 is 0 Å². The molecular weight excluding hydrogens is 343 g/mol. The number of halogens is 6. The normalized spacial score (nSPS) is 11.0. The summed E-state index contributed by atoms with van der Waals surface area (Å²) in [5, 5.41) is 2.10. The molecule has 0 bridgehead atoms. The van der Waals surface area contributed by atoms with E-state index in [-0.39, 0.29) is 30.3 Å². The second kappa shape index (κ2) is 7.15. The van der Waals surface area contributed by atoms with E-state index in [1.807, 2.05) is 0 Å². The van der Waals surface area contributed by atoms with Crippen LogP contribution in [0.15, 0.2) is 30.5 Å². The van der Waals surface area contributed by atoms with Crippen molar-refractivity contribution in [2.45, 2.75) is 19.4 Å². The van der Waals surface area contributed by atoms with E-state index in [1.165, 1.54) is 24.4 Å². The van der Waals surface area contributed by atoms with Crippen molar-refractivity contribution in [1.29, 1.82) is 0 Å². The molecule has 22 heavy (non-hydrogen) atoms. The average Bonchev–Trinajstić information content (AvgIpc) is 2.43. The van der Waals surface area contributed by atoms with E-state index in [2.05, 4.69) is 10.3 Å². The van der Waals surface area contributed by atoms with Gasteiger partial charge in [0.1, 0.15) is 16.5 Å². The highest BCUT2D eigenvalue weighted by Gasteiger charge is 2.25. The van der Waals surface area contributed by atoms with Gasteiger partial charge in [0.2, 0.25) is 0 Å². The summed E-state index contributed by atoms with van der Waals surface area (Å²) in [6, 6.07) is 4.89. The van der Waals surface area contributed by atoms with Crippen LogP contribution in [0.2, 0.25) is 5.02 Å². The quantitative estimate of drug-likeness (QED) is 0.605. The highest BCUT2D eigenvalue weighted by Crippen LogP contribution is 2.26. The first-order chi connectivity index (χ1) is 9.79. The summed E-state index contributed by atoms with van der Waals surface area (Å²) in [5.41, 5.74) is 0.247. The molecule has 0 saturated carbocycles. The van der Waals surface area contributed by atoms with Crippen LogP contribution in [0.3, 0.4) is 0 Å². The molecule has 1 aromatic heterocycles. The van der Waals surface area contributed by atoms with Gasteiger partial charge in [0.15, 0.2) is 5.82 Å². The van der Waals surface area contributed by atoms with Gasteiger partial charge in [0, 0.05) is 19.7 Å². The largest absolute Gasteiger partial charge is 0.378 e. The van der Waals surface area contributed by atoms with Gasteiger partial charge in [-0.3, -0.25) is 4.98 Å². The molecule has 1 heterocycles. The second-order valence-electron chi connectivity index (χ2n) is 4.52. The van der Waals surface area contributed by atoms with E-state index in [0.717, 1.165) is 13.0 Å². The Hall–Kier alpha value is -1.53. The molecule has 2 rings (SSSR count). The van der Waals surface area contributed by atoms with Gasteiger partial charge in [0.05, 0.1) is 5.69 Å². The lowest BCUT2D eigenvalue weighted by atomic mass is 10.2. The Kier molecular flexibility index (Phi) is 6.02. The molecule has 120 valence electrons. The summed E-state index contributed by atoms with van der Waals surface area (Å²) in [6.45, 7) is 0.893. The number of nitrogens with one attached hydrogen (secondary N) is 1. The number of alkyl halides is 2. The lowest BCUT2D eigenvalue weighted by molar-refractivity contribution is 0.0127. The fourth-order valence-electron chi connectivity index (χ4n) is 1.65. The van der Waals surface area contributed by atoms with Crippen LogP contribution in [0.4, 0.5) is 23.2 Å². The molecule has 1 N–H and O–H groups in total. The fraction of sp³-hybridized carbons (Fsp3) is 0.214. The molecule has 0 saturated heterocycles. The molecular formula is C14H12Cl2F4N2. The molecule has 0 aliphatic carbocycles. The van der Waals surface area contributed by atoms with Crippen molar-refractivity contribution in [2.75, 3.05) is 5.32 Å². The third-order valence-electron chi connectivity index (χ3n) is 2.79. The van der Waals surface area contributed by atoms with Crippen LogP contribution >= 0.6 is 24.0 Å². The van der Waals surface area contributed by atoms with Crippen molar-refractivity contribution < 1.29 is 17.6 Å². The molecule has 0 amide bonds. The smallest absolute Gasteiger partial charge is 0.286 e. The predicted molar refractivity (Wildman–Crippen MR) is 79.7 cm³/mol. The Morgan fingerprint density at radius 1 is 1.18 bits per heavy atom. The Morgan fingerprint density at radius 2 is 1.86 bits per heavy atom. The molecule has 0 unspecified atom stereocenters. The number of hydrogen-bond acceptors (Lipinski definition) is 2. The number of pyridine rings is 1. The first-order valence-corrected chi connectivity index (χ1v) is 6.37. The summed E-state index contributed by atoms with van der Waals surface area (Å²) in [4.78, 5) is 3.65. The molecule has 1 aromatic carbocycles. The zero-order valence-electron chi connectivity index (χ0n) is 11.3. The van der Waals surface area contributed by atoms with Crippen molar-refractivity contribution in [3.05, 3.63) is 58.4 Å². The molecule has 0 aliphatic rings. The minimum absolute atomic E-state index is 0. The number of benzene rings is 1. The molecule has 8 heteroatoms. The maximum Gasteiger partial charge on any atom is 0.286 e. The lowest BCUT2D eigenvalue weighted by Gasteiger charge is -2.11. The van der Waals surface area contributed by atoms with Gasteiger partial charge in [-0.05, 0) is 23.8 Å². The van der Waals surface area contributed by atoms with Crippen molar-refractivity contribution >= 4 is 29.7 Å². The highest BCUT2D eigenvalue weighted by molar-refractivity contribution is 6.31. The molecule has 2 aromatic rings. The standard InChI is InChI=1S/C14H11ClF4N2.ClH/c1-14(18,19)11-5-2-8(7-21-11)6-20-10-4-3-9(16)12(15)13(10)17;/h2-5,7,20H,6H2,1H3;1H. The van der Waals surface area contributed by atoms with Crippen molar-refractivity contribution in [1.82, 2.24) is 4.98 Å². The zero-order valence-corrected chi connectivity index (χ0v) is 12.9. The van der Waals surface area contributed by atoms with E-state index in [9.17, 15) is 17.6 Å². The second-order valence-corrected chi connectivity index (χ2v) is 4.89. The van der Waals surface area contributed by atoms with E-state index in [1.54, 1.807) is 0 Å². The van der Waals surface area contributed by atoms with Gasteiger partial charge < -0.3 is 5.32 Å². The SMILES string of the molecule is CC(F)(F)c1ccc(CNc2ccc(F)c(Cl)c2F)cn1.Cl. The maximum atomic E-state index is 13.6. The molecule has 0 atom stereocenters. The van der Waals surface area contributed by atoms with E-state index < -0.39 is 22.6 Å². The first-order valence-electron chi connectivity index (χ1n) is 5.99. The monoisotopic (exact) mass is 354 g/mol. The van der Waals surface area contributed by atoms with Crippen LogP contribution in [0.1, 0.15) is 18.2 Å². The van der Waals surface area contributed by atoms with Crippen LogP contribution in [-0.2, 0) is 12.5 Å². The van der Waals surface area contributed by atoms with Crippen molar-refractivity contribution in [2.24, 2.45) is 0 Å². The van der Waals surface area contributed by atoms with Gasteiger partial charge in [-0.25, -0.2) is 8.78 Å². The Labute approximate surface area is 135 Å². The van der Waals surface area contributed by atoms with Crippen LogP contribution in [0.25, 0.3) is 0 Å². The van der Waals surface area contributed by atoms with Crippen LogP contribution in [-0.4, -0.2) is 4.98 Å². The Bertz CT molecular complexity index is 643. The van der Waals surface area contributed by atoms with Gasteiger partial charge in [-0.2, -0.15) is 8.78 Å². The summed E-state index contributed by atoms with van der Waals surface area (Å²) in [6.07, 6.45) is 1.27. The number of anilines is 1. The predicted octanol–water partition coefficient (Wildman–Crippen LogP) is 5.16. The topological polar surface area (TPSA) is 24.9 Å². The summed E-state index contributed by atoms with van der Waals surface area (Å²) in [7, 11) is 0. The number of aromatic nitrogens is 1. The number of rotatable bonds is 4. The maximum absolute atomic E-state index is 13.6. The van der Waals surface area contributed by atoms with E-state index >= 15 is 0 Å². The van der Waals surface area contributed by atoms with Crippen LogP contribution in [0, 0.1) is 11.6 Å². The third-order valence-corrected chi connectivity index (χ3v) is 3.14. The van der Waals surface area contributed by atoms with Gasteiger partial charge in [-0.1, -0.05) is 17.7 Å². The Balaban J connectivity index is 0.00000242. The molecule has 0 fully saturated rings. The van der Waals surface area contributed by atoms with Gasteiger partial charge in [0.25, 0.3) is 5.92 Å². The minimum Gasteiger partial charge on any atom is -0.378 e. The number of hydrogen-bond donors (Lipinski definition) is 1. The average molecular weight is 355 g/mol. The minimum atomic E-state index is -3.01. The fourth-order valence-corrected chi connectivity index (χ4v) is 1.81. The van der Waals surface area contributed by atoms with E-state index in [4.69, 9.17) is 11.6 Å². The number of nitrogens with zero attached hydrogens (tertiary/aromatic N) is 1. The Morgan fingerprint density at radius 3 is 2.41 bits per heavy atom. The summed E-state index contributed by atoms with van der Waals surface area (Å²) in [5.74, 6) is -4.76. The van der Waals surface area contributed by atoms with Crippen molar-refractivity contribution in [3.8, 4) is 0 Å². The molecule has 2 nitrogen and oxygen atoms in total. The van der Waals surface area contributed by atoms with Crippen LogP contribution in [0.5, 0.6) is 0 Å². The van der Waals surface area contributed by atoms with Gasteiger partial charge in [-0.15, -0.1) is 12.4 Å². The first kappa shape index (κ1) is 18.5. The van der Waals surface area contributed by atoms with E-state index in [0.29, 0.717) is 5.56 Å². The summed E-state index contributed by atoms with van der Waals surface area (Å²) < 4.78 is 52.6. The molecule has 0 radical (unpaired) electrons. The lowest BCUT2D eigenvalue weighted by Crippen LogP contribution is -2.10. The summed E-state index contributed by atoms with van der Waals surface area (Å²) >= 11 is 5.45. The van der Waals surface area contributed by atoms with Crippen molar-refractivity contribution in [3.63, 3.8) is 0 Å². The highest BCUT2D eigenvalue weighted by atomic mass is 35.5. The third kappa shape index (κ3) is 4.24. The zero-order chi connectivity index (χ0) is 15.6.